The van der Waals surface area contributed by atoms with E-state index in [0.29, 0.717) is 0 Å². The van der Waals surface area contributed by atoms with E-state index in [4.69, 9.17) is 11.5 Å². The molecule has 0 spiro atoms. The zero-order valence-corrected chi connectivity index (χ0v) is 9.41. The quantitative estimate of drug-likeness (QED) is 0.395. The van der Waals surface area contributed by atoms with Crippen LogP contribution in [0.2, 0.25) is 0 Å². The minimum atomic E-state index is 0.0552. The fourth-order valence-electron chi connectivity index (χ4n) is 1.90. The molecule has 1 fully saturated rings. The third-order valence-corrected chi connectivity index (χ3v) is 2.74. The van der Waals surface area contributed by atoms with Gasteiger partial charge < -0.3 is 11.5 Å². The molecule has 1 saturated carbocycles. The van der Waals surface area contributed by atoms with Gasteiger partial charge in [0.25, 0.3) is 0 Å². The second-order valence-corrected chi connectivity index (χ2v) is 4.17. The van der Waals surface area contributed by atoms with E-state index < -0.39 is 0 Å². The van der Waals surface area contributed by atoms with Crippen molar-refractivity contribution in [3.05, 3.63) is 0 Å². The predicted molar refractivity (Wildman–Crippen MR) is 64.8 cm³/mol. The van der Waals surface area contributed by atoms with Crippen LogP contribution in [0.3, 0.4) is 0 Å². The first-order chi connectivity index (χ1) is 7.29. The highest BCUT2D eigenvalue weighted by Gasteiger charge is 2.03. The fraction of sp³-hybridized carbons (Fsp3) is 0.818. The van der Waals surface area contributed by atoms with Gasteiger partial charge >= 0.3 is 0 Å². The molecule has 0 aromatic heterocycles. The van der Waals surface area contributed by atoms with Crippen molar-refractivity contribution in [1.29, 1.82) is 0 Å². The summed E-state index contributed by atoms with van der Waals surface area (Å²) in [5.74, 6) is 0.0552. The number of hydrogen-bond acceptors (Lipinski definition) is 2. The van der Waals surface area contributed by atoms with E-state index in [2.05, 4.69) is 10.2 Å². The zero-order valence-electron chi connectivity index (χ0n) is 9.41. The minimum Gasteiger partial charge on any atom is -0.369 e. The Morgan fingerprint density at radius 3 is 1.73 bits per heavy atom. The molecule has 0 heterocycles. The van der Waals surface area contributed by atoms with E-state index >= 15 is 0 Å². The van der Waals surface area contributed by atoms with E-state index in [1.54, 1.807) is 0 Å². The van der Waals surface area contributed by atoms with Crippen molar-refractivity contribution in [3.63, 3.8) is 0 Å². The van der Waals surface area contributed by atoms with Crippen LogP contribution in [0.15, 0.2) is 10.2 Å². The molecular weight excluding hydrogens is 188 g/mol. The molecule has 0 amide bonds. The van der Waals surface area contributed by atoms with Gasteiger partial charge in [-0.3, -0.25) is 0 Å². The molecule has 0 unspecified atom stereocenters. The van der Waals surface area contributed by atoms with Crippen molar-refractivity contribution in [2.45, 2.75) is 57.8 Å². The Kier molecular flexibility index (Phi) is 5.81. The number of nitrogens with two attached hydrogens (primary N) is 2. The van der Waals surface area contributed by atoms with Crippen molar-refractivity contribution in [2.75, 3.05) is 0 Å². The van der Waals surface area contributed by atoms with E-state index in [9.17, 15) is 0 Å². The summed E-state index contributed by atoms with van der Waals surface area (Å²) in [6.45, 7) is 0. The van der Waals surface area contributed by atoms with Crippen LogP contribution in [-0.2, 0) is 0 Å². The van der Waals surface area contributed by atoms with Crippen LogP contribution < -0.4 is 11.5 Å². The van der Waals surface area contributed by atoms with Gasteiger partial charge in [-0.25, -0.2) is 0 Å². The first kappa shape index (κ1) is 12.0. The van der Waals surface area contributed by atoms with E-state index in [1.165, 1.54) is 44.9 Å². The highest BCUT2D eigenvalue weighted by Crippen LogP contribution is 2.15. The monoisotopic (exact) mass is 210 g/mol. The van der Waals surface area contributed by atoms with Crippen LogP contribution in [0, 0.1) is 0 Å². The van der Waals surface area contributed by atoms with Gasteiger partial charge in [-0.1, -0.05) is 32.1 Å². The van der Waals surface area contributed by atoms with Crippen molar-refractivity contribution in [3.8, 4) is 0 Å². The lowest BCUT2D eigenvalue weighted by Gasteiger charge is -2.08. The van der Waals surface area contributed by atoms with E-state index in [-0.39, 0.29) is 5.96 Å². The normalized spacial score (nSPS) is 19.3. The first-order valence-corrected chi connectivity index (χ1v) is 5.93. The van der Waals surface area contributed by atoms with Crippen LogP contribution in [0.25, 0.3) is 0 Å². The van der Waals surface area contributed by atoms with Gasteiger partial charge in [0.15, 0.2) is 0 Å². The summed E-state index contributed by atoms with van der Waals surface area (Å²) in [4.78, 5) is 0. The van der Waals surface area contributed by atoms with Crippen molar-refractivity contribution in [1.82, 2.24) is 0 Å². The Morgan fingerprint density at radius 1 is 0.800 bits per heavy atom. The predicted octanol–water partition coefficient (Wildman–Crippen LogP) is 2.14. The van der Waals surface area contributed by atoms with Gasteiger partial charge in [-0.15, -0.1) is 5.10 Å². The molecule has 0 aliphatic heterocycles. The second kappa shape index (κ2) is 7.26. The number of nitrogens with zero attached hydrogens (tertiary/aromatic N) is 2. The maximum Gasteiger partial charge on any atom is 0.211 e. The molecule has 4 nitrogen and oxygen atoms in total. The second-order valence-electron chi connectivity index (χ2n) is 4.17. The average Bonchev–Trinajstić information content (AvgIpc) is 2.23. The molecule has 4 N–H and O–H groups in total. The Bertz CT molecular complexity index is 217. The third-order valence-electron chi connectivity index (χ3n) is 2.74. The molecule has 0 bridgehead atoms. The summed E-state index contributed by atoms with van der Waals surface area (Å²) in [7, 11) is 0. The summed E-state index contributed by atoms with van der Waals surface area (Å²) >= 11 is 0. The van der Waals surface area contributed by atoms with Gasteiger partial charge in [-0.2, -0.15) is 5.10 Å². The summed E-state index contributed by atoms with van der Waals surface area (Å²) in [6.07, 6.45) is 11.3. The molecule has 86 valence electrons. The third kappa shape index (κ3) is 6.10. The lowest BCUT2D eigenvalue weighted by Crippen LogP contribution is -2.22. The summed E-state index contributed by atoms with van der Waals surface area (Å²) in [5, 5.41) is 7.85. The SMILES string of the molecule is NC(N)=NN=C1CCCCCCCCC1. The smallest absolute Gasteiger partial charge is 0.211 e. The fourth-order valence-corrected chi connectivity index (χ4v) is 1.90. The Hall–Kier alpha value is -1.06. The molecule has 1 aliphatic rings. The number of guanidine groups is 1. The lowest BCUT2D eigenvalue weighted by atomic mass is 10.00. The van der Waals surface area contributed by atoms with E-state index in [1.807, 2.05) is 0 Å². The molecule has 1 rings (SSSR count). The van der Waals surface area contributed by atoms with Crippen molar-refractivity contribution < 1.29 is 0 Å². The maximum atomic E-state index is 5.26. The number of hydrogen-bond donors (Lipinski definition) is 2. The lowest BCUT2D eigenvalue weighted by molar-refractivity contribution is 0.574. The van der Waals surface area contributed by atoms with Gasteiger partial charge in [0.2, 0.25) is 5.96 Å². The molecule has 15 heavy (non-hydrogen) atoms. The summed E-state index contributed by atoms with van der Waals surface area (Å²) < 4.78 is 0. The highest BCUT2D eigenvalue weighted by molar-refractivity contribution is 5.85. The van der Waals surface area contributed by atoms with Crippen LogP contribution in [0.1, 0.15) is 57.8 Å². The van der Waals surface area contributed by atoms with Crippen LogP contribution >= 0.6 is 0 Å². The summed E-state index contributed by atoms with van der Waals surface area (Å²) in [6, 6.07) is 0. The van der Waals surface area contributed by atoms with Gasteiger partial charge in [0, 0.05) is 5.71 Å². The molecule has 0 saturated heterocycles. The molecule has 0 aromatic rings. The zero-order chi connectivity index (χ0) is 10.9. The average molecular weight is 210 g/mol. The Labute approximate surface area is 91.8 Å². The van der Waals surface area contributed by atoms with Crippen LogP contribution in [0.5, 0.6) is 0 Å². The van der Waals surface area contributed by atoms with E-state index in [0.717, 1.165) is 18.6 Å². The van der Waals surface area contributed by atoms with Gasteiger partial charge in [-0.05, 0) is 25.7 Å². The molecule has 0 aromatic carbocycles. The van der Waals surface area contributed by atoms with Crippen molar-refractivity contribution in [2.24, 2.45) is 21.7 Å². The molecule has 0 atom stereocenters. The van der Waals surface area contributed by atoms with Crippen LogP contribution in [-0.4, -0.2) is 11.7 Å². The van der Waals surface area contributed by atoms with Crippen LogP contribution in [0.4, 0.5) is 0 Å². The van der Waals surface area contributed by atoms with Gasteiger partial charge in [0.05, 0.1) is 0 Å². The van der Waals surface area contributed by atoms with Gasteiger partial charge in [0.1, 0.15) is 0 Å². The first-order valence-electron chi connectivity index (χ1n) is 5.93. The largest absolute Gasteiger partial charge is 0.369 e. The molecule has 0 radical (unpaired) electrons. The maximum absolute atomic E-state index is 5.26. The Balaban J connectivity index is 2.44. The molecular formula is C11H22N4. The van der Waals surface area contributed by atoms with Crippen molar-refractivity contribution >= 4 is 11.7 Å². The summed E-state index contributed by atoms with van der Waals surface area (Å²) in [5.41, 5.74) is 11.7. The molecule has 1 aliphatic carbocycles. The Morgan fingerprint density at radius 2 is 1.27 bits per heavy atom. The minimum absolute atomic E-state index is 0.0552. The topological polar surface area (TPSA) is 76.8 Å². The molecule has 4 heteroatoms. The highest BCUT2D eigenvalue weighted by atomic mass is 15.3. The number of rotatable bonds is 1. The standard InChI is InChI=1S/C11H22N4/c12-11(13)15-14-10-8-6-4-2-1-3-5-7-9-10/h1-9H2,(H4,12,13,15).